The first kappa shape index (κ1) is 16.6. The lowest BCUT2D eigenvalue weighted by molar-refractivity contribution is -0.116. The molecule has 0 saturated heterocycles. The van der Waals surface area contributed by atoms with E-state index < -0.39 is 0 Å². The lowest BCUT2D eigenvalue weighted by atomic mass is 10.1. The highest BCUT2D eigenvalue weighted by Crippen LogP contribution is 2.29. The average Bonchev–Trinajstić information content (AvgIpc) is 2.92. The molecule has 1 aromatic heterocycles. The molecule has 5 nitrogen and oxygen atoms in total. The van der Waals surface area contributed by atoms with Crippen molar-refractivity contribution in [1.82, 2.24) is 10.2 Å². The van der Waals surface area contributed by atoms with Crippen LogP contribution < -0.4 is 5.32 Å². The molecule has 0 aliphatic rings. The molecule has 0 spiro atoms. The maximum absolute atomic E-state index is 11.8. The monoisotopic (exact) mass is 319 g/mol. The van der Waals surface area contributed by atoms with E-state index in [4.69, 9.17) is 4.74 Å². The van der Waals surface area contributed by atoms with E-state index >= 15 is 0 Å². The van der Waals surface area contributed by atoms with Crippen LogP contribution in [0.25, 0.3) is 10.6 Å². The fraction of sp³-hybridized carbons (Fsp3) is 0.438. The Kier molecular flexibility index (Phi) is 6.03. The summed E-state index contributed by atoms with van der Waals surface area (Å²) in [7, 11) is 0. The lowest BCUT2D eigenvalue weighted by Crippen LogP contribution is -2.12. The second-order valence-corrected chi connectivity index (χ2v) is 6.06. The highest BCUT2D eigenvalue weighted by atomic mass is 32.1. The summed E-state index contributed by atoms with van der Waals surface area (Å²) in [6, 6.07) is 6.21. The maximum atomic E-state index is 11.8. The van der Waals surface area contributed by atoms with E-state index in [1.165, 1.54) is 16.9 Å². The number of ether oxygens (including phenoxy) is 1. The van der Waals surface area contributed by atoms with E-state index in [0.717, 1.165) is 16.1 Å². The van der Waals surface area contributed by atoms with Crippen LogP contribution in [0.3, 0.4) is 0 Å². The van der Waals surface area contributed by atoms with Gasteiger partial charge >= 0.3 is 0 Å². The standard InChI is InChI=1S/C16H21N3O2S/c1-4-21-9-5-6-14(20)17-16-19-18-15(22-16)13-8-7-11(2)10-12(13)3/h7-8,10H,4-6,9H2,1-3H3,(H,17,19,20). The van der Waals surface area contributed by atoms with Crippen molar-refractivity contribution in [2.75, 3.05) is 18.5 Å². The Morgan fingerprint density at radius 1 is 1.32 bits per heavy atom. The minimum Gasteiger partial charge on any atom is -0.382 e. The van der Waals surface area contributed by atoms with Crippen LogP contribution in [-0.4, -0.2) is 29.3 Å². The van der Waals surface area contributed by atoms with Gasteiger partial charge in [-0.3, -0.25) is 4.79 Å². The molecule has 1 aromatic carbocycles. The summed E-state index contributed by atoms with van der Waals surface area (Å²) in [5.74, 6) is -0.0527. The second kappa shape index (κ2) is 8.00. The first-order valence-electron chi connectivity index (χ1n) is 7.39. The lowest BCUT2D eigenvalue weighted by Gasteiger charge is -2.02. The molecule has 0 aliphatic carbocycles. The third-order valence-corrected chi connectivity index (χ3v) is 4.05. The van der Waals surface area contributed by atoms with Gasteiger partial charge in [0.15, 0.2) is 0 Å². The molecule has 22 heavy (non-hydrogen) atoms. The van der Waals surface area contributed by atoms with E-state index in [1.807, 2.05) is 13.0 Å². The van der Waals surface area contributed by atoms with Crippen molar-refractivity contribution in [2.24, 2.45) is 0 Å². The van der Waals surface area contributed by atoms with Crippen molar-refractivity contribution in [2.45, 2.75) is 33.6 Å². The van der Waals surface area contributed by atoms with Crippen LogP contribution in [0.15, 0.2) is 18.2 Å². The Labute approximate surface area is 134 Å². The maximum Gasteiger partial charge on any atom is 0.226 e. The molecule has 2 rings (SSSR count). The highest BCUT2D eigenvalue weighted by Gasteiger charge is 2.11. The van der Waals surface area contributed by atoms with Crippen LogP contribution in [0, 0.1) is 13.8 Å². The Hall–Kier alpha value is -1.79. The quantitative estimate of drug-likeness (QED) is 0.792. The van der Waals surface area contributed by atoms with E-state index in [1.54, 1.807) is 0 Å². The molecule has 6 heteroatoms. The van der Waals surface area contributed by atoms with Crippen LogP contribution in [0.5, 0.6) is 0 Å². The molecule has 1 amide bonds. The summed E-state index contributed by atoms with van der Waals surface area (Å²) in [6.45, 7) is 7.33. The number of carbonyl (C=O) groups is 1. The third kappa shape index (κ3) is 4.61. The van der Waals surface area contributed by atoms with Crippen molar-refractivity contribution < 1.29 is 9.53 Å². The van der Waals surface area contributed by atoms with Crippen molar-refractivity contribution in [3.63, 3.8) is 0 Å². The molecule has 0 aliphatic heterocycles. The number of aryl methyl sites for hydroxylation is 2. The van der Waals surface area contributed by atoms with E-state index in [2.05, 4.69) is 41.5 Å². The number of rotatable bonds is 7. The Morgan fingerprint density at radius 2 is 2.14 bits per heavy atom. The summed E-state index contributed by atoms with van der Waals surface area (Å²) < 4.78 is 5.21. The van der Waals surface area contributed by atoms with Crippen molar-refractivity contribution in [3.8, 4) is 10.6 Å². The number of aromatic nitrogens is 2. The van der Waals surface area contributed by atoms with Gasteiger partial charge in [-0.25, -0.2) is 0 Å². The van der Waals surface area contributed by atoms with E-state index in [9.17, 15) is 4.79 Å². The zero-order chi connectivity index (χ0) is 15.9. The molecule has 0 atom stereocenters. The fourth-order valence-electron chi connectivity index (χ4n) is 2.10. The van der Waals surface area contributed by atoms with Crippen LogP contribution >= 0.6 is 11.3 Å². The van der Waals surface area contributed by atoms with Gasteiger partial charge in [-0.05, 0) is 32.8 Å². The minimum absolute atomic E-state index is 0.0527. The first-order chi connectivity index (χ1) is 10.6. The summed E-state index contributed by atoms with van der Waals surface area (Å²) in [6.07, 6.45) is 1.14. The molecular formula is C16H21N3O2S. The topological polar surface area (TPSA) is 64.1 Å². The molecule has 0 fully saturated rings. The first-order valence-corrected chi connectivity index (χ1v) is 8.20. The normalized spacial score (nSPS) is 10.7. The third-order valence-electron chi connectivity index (χ3n) is 3.18. The number of nitrogens with one attached hydrogen (secondary N) is 1. The molecule has 0 unspecified atom stereocenters. The van der Waals surface area contributed by atoms with E-state index in [-0.39, 0.29) is 5.91 Å². The molecule has 0 bridgehead atoms. The number of nitrogens with zero attached hydrogens (tertiary/aromatic N) is 2. The van der Waals surface area contributed by atoms with Gasteiger partial charge in [0.25, 0.3) is 0 Å². The number of hydrogen-bond acceptors (Lipinski definition) is 5. The number of carbonyl (C=O) groups excluding carboxylic acids is 1. The number of amides is 1. The van der Waals surface area contributed by atoms with Gasteiger partial charge in [0.05, 0.1) is 0 Å². The Morgan fingerprint density at radius 3 is 2.86 bits per heavy atom. The molecular weight excluding hydrogens is 298 g/mol. The van der Waals surface area contributed by atoms with Crippen molar-refractivity contribution in [1.29, 1.82) is 0 Å². The molecule has 118 valence electrons. The molecule has 0 saturated carbocycles. The van der Waals surface area contributed by atoms with E-state index in [0.29, 0.717) is 31.2 Å². The van der Waals surface area contributed by atoms with Crippen LogP contribution in [0.4, 0.5) is 5.13 Å². The zero-order valence-electron chi connectivity index (χ0n) is 13.2. The molecule has 1 heterocycles. The smallest absolute Gasteiger partial charge is 0.226 e. The predicted molar refractivity (Wildman–Crippen MR) is 89.2 cm³/mol. The van der Waals surface area contributed by atoms with Crippen LogP contribution in [-0.2, 0) is 9.53 Å². The van der Waals surface area contributed by atoms with Crippen molar-refractivity contribution in [3.05, 3.63) is 29.3 Å². The molecule has 0 radical (unpaired) electrons. The predicted octanol–water partition coefficient (Wildman–Crippen LogP) is 3.58. The summed E-state index contributed by atoms with van der Waals surface area (Å²) in [4.78, 5) is 11.8. The van der Waals surface area contributed by atoms with Crippen LogP contribution in [0.2, 0.25) is 0 Å². The van der Waals surface area contributed by atoms with Gasteiger partial charge in [0.2, 0.25) is 11.0 Å². The minimum atomic E-state index is -0.0527. The van der Waals surface area contributed by atoms with Crippen molar-refractivity contribution >= 4 is 22.4 Å². The van der Waals surface area contributed by atoms with Gasteiger partial charge in [0, 0.05) is 25.2 Å². The summed E-state index contributed by atoms with van der Waals surface area (Å²) in [5.41, 5.74) is 3.43. The second-order valence-electron chi connectivity index (χ2n) is 5.08. The average molecular weight is 319 g/mol. The van der Waals surface area contributed by atoms with Gasteiger partial charge in [0.1, 0.15) is 5.01 Å². The van der Waals surface area contributed by atoms with Gasteiger partial charge < -0.3 is 10.1 Å². The number of hydrogen-bond donors (Lipinski definition) is 1. The largest absolute Gasteiger partial charge is 0.382 e. The SMILES string of the molecule is CCOCCCC(=O)Nc1nnc(-c2ccc(C)cc2C)s1. The number of anilines is 1. The Bertz CT molecular complexity index is 640. The molecule has 1 N–H and O–H groups in total. The van der Waals surface area contributed by atoms with Crippen LogP contribution in [0.1, 0.15) is 30.9 Å². The number of benzene rings is 1. The Balaban J connectivity index is 1.95. The van der Waals surface area contributed by atoms with Gasteiger partial charge in [-0.1, -0.05) is 35.1 Å². The summed E-state index contributed by atoms with van der Waals surface area (Å²) >= 11 is 1.39. The summed E-state index contributed by atoms with van der Waals surface area (Å²) in [5, 5.41) is 12.4. The zero-order valence-corrected chi connectivity index (χ0v) is 14.0. The highest BCUT2D eigenvalue weighted by molar-refractivity contribution is 7.18. The van der Waals surface area contributed by atoms with Gasteiger partial charge in [-0.2, -0.15) is 0 Å². The van der Waals surface area contributed by atoms with Gasteiger partial charge in [-0.15, -0.1) is 10.2 Å². The molecule has 2 aromatic rings. The fourth-order valence-corrected chi connectivity index (χ4v) is 2.95.